The van der Waals surface area contributed by atoms with E-state index in [0.29, 0.717) is 11.5 Å². The molecule has 0 aromatic heterocycles. The molecule has 2 aliphatic heterocycles. The minimum absolute atomic E-state index is 0.195. The van der Waals surface area contributed by atoms with E-state index in [4.69, 9.17) is 0 Å². The monoisotopic (exact) mass is 234 g/mol. The smallest absolute Gasteiger partial charge is 0.271 e. The standard InChI is InChI=1S/C8H14N2O2S2/c11-8(7-5-13-6-9-7)10-14(12)3-1-2-4-14/h7,9H,1-6H2. The van der Waals surface area contributed by atoms with Gasteiger partial charge in [0, 0.05) is 23.1 Å². The highest BCUT2D eigenvalue weighted by Crippen LogP contribution is 2.16. The highest BCUT2D eigenvalue weighted by atomic mass is 32.2. The van der Waals surface area contributed by atoms with Gasteiger partial charge in [0.05, 0.1) is 15.8 Å². The van der Waals surface area contributed by atoms with Crippen LogP contribution in [0.25, 0.3) is 0 Å². The van der Waals surface area contributed by atoms with Crippen LogP contribution in [0.2, 0.25) is 0 Å². The van der Waals surface area contributed by atoms with Gasteiger partial charge in [-0.3, -0.25) is 10.1 Å². The van der Waals surface area contributed by atoms with Crippen LogP contribution in [0.1, 0.15) is 12.8 Å². The summed E-state index contributed by atoms with van der Waals surface area (Å²) < 4.78 is 15.8. The van der Waals surface area contributed by atoms with Gasteiger partial charge in [-0.05, 0) is 12.8 Å². The Bertz CT molecular complexity index is 329. The van der Waals surface area contributed by atoms with Gasteiger partial charge < -0.3 is 0 Å². The van der Waals surface area contributed by atoms with Crippen molar-refractivity contribution in [1.82, 2.24) is 5.32 Å². The van der Waals surface area contributed by atoms with E-state index >= 15 is 0 Å². The van der Waals surface area contributed by atoms with Gasteiger partial charge >= 0.3 is 0 Å². The average molecular weight is 234 g/mol. The molecule has 1 unspecified atom stereocenters. The number of rotatable bonds is 1. The summed E-state index contributed by atoms with van der Waals surface area (Å²) in [7, 11) is -2.16. The molecular formula is C8H14N2O2S2. The van der Waals surface area contributed by atoms with Crippen molar-refractivity contribution in [3.8, 4) is 0 Å². The summed E-state index contributed by atoms with van der Waals surface area (Å²) in [6.07, 6.45) is 1.89. The number of hydrogen-bond donors (Lipinski definition) is 1. The minimum atomic E-state index is -2.16. The predicted octanol–water partition coefficient (Wildman–Crippen LogP) is 0.437. The minimum Gasteiger partial charge on any atom is -0.296 e. The third kappa shape index (κ3) is 2.29. The van der Waals surface area contributed by atoms with Crippen molar-refractivity contribution < 1.29 is 9.00 Å². The topological polar surface area (TPSA) is 58.5 Å². The largest absolute Gasteiger partial charge is 0.296 e. The molecule has 0 radical (unpaired) electrons. The zero-order valence-electron chi connectivity index (χ0n) is 7.90. The van der Waals surface area contributed by atoms with E-state index in [-0.39, 0.29) is 11.9 Å². The Morgan fingerprint density at radius 3 is 2.71 bits per heavy atom. The lowest BCUT2D eigenvalue weighted by atomic mass is 10.3. The Morgan fingerprint density at radius 1 is 1.43 bits per heavy atom. The lowest BCUT2D eigenvalue weighted by molar-refractivity contribution is -0.118. The number of thioether (sulfide) groups is 1. The molecule has 0 aromatic rings. The number of carbonyl (C=O) groups is 1. The normalized spacial score (nSPS) is 30.4. The zero-order chi connectivity index (χ0) is 10.0. The highest BCUT2D eigenvalue weighted by Gasteiger charge is 2.25. The first-order valence-electron chi connectivity index (χ1n) is 4.77. The predicted molar refractivity (Wildman–Crippen MR) is 58.8 cm³/mol. The summed E-state index contributed by atoms with van der Waals surface area (Å²) in [6.45, 7) is 0. The van der Waals surface area contributed by atoms with Crippen LogP contribution < -0.4 is 5.32 Å². The van der Waals surface area contributed by atoms with E-state index in [1.165, 1.54) is 0 Å². The fourth-order valence-electron chi connectivity index (χ4n) is 1.63. The number of nitrogens with zero attached hydrogens (tertiary/aromatic N) is 1. The van der Waals surface area contributed by atoms with Crippen LogP contribution in [-0.4, -0.2) is 39.3 Å². The second kappa shape index (κ2) is 4.20. The van der Waals surface area contributed by atoms with Gasteiger partial charge in [0.1, 0.15) is 0 Å². The molecule has 6 heteroatoms. The molecule has 0 spiro atoms. The zero-order valence-corrected chi connectivity index (χ0v) is 9.53. The van der Waals surface area contributed by atoms with Crippen molar-refractivity contribution in [1.29, 1.82) is 0 Å². The molecule has 2 rings (SSSR count). The first-order valence-corrected chi connectivity index (χ1v) is 7.78. The van der Waals surface area contributed by atoms with Crippen molar-refractivity contribution in [3.05, 3.63) is 0 Å². The number of hydrogen-bond acceptors (Lipinski definition) is 4. The van der Waals surface area contributed by atoms with Gasteiger partial charge in [-0.25, -0.2) is 4.21 Å². The first kappa shape index (κ1) is 10.4. The molecule has 2 aliphatic rings. The summed E-state index contributed by atoms with van der Waals surface area (Å²) in [5, 5.41) is 3.04. The van der Waals surface area contributed by atoms with E-state index in [0.717, 1.165) is 24.5 Å². The second-order valence-corrected chi connectivity index (χ2v) is 7.16. The summed E-state index contributed by atoms with van der Waals surface area (Å²) in [4.78, 5) is 11.6. The van der Waals surface area contributed by atoms with Crippen LogP contribution in [0, 0.1) is 0 Å². The van der Waals surface area contributed by atoms with Gasteiger partial charge in [0.15, 0.2) is 0 Å². The first-order chi connectivity index (χ1) is 6.70. The van der Waals surface area contributed by atoms with E-state index in [1.807, 2.05) is 0 Å². The van der Waals surface area contributed by atoms with Gasteiger partial charge in [0.25, 0.3) is 5.91 Å². The molecule has 0 aromatic carbocycles. The molecule has 1 N–H and O–H groups in total. The summed E-state index contributed by atoms with van der Waals surface area (Å²) >= 11 is 1.68. The van der Waals surface area contributed by atoms with Crippen LogP contribution in [0.5, 0.6) is 0 Å². The lowest BCUT2D eigenvalue weighted by Gasteiger charge is -2.04. The van der Waals surface area contributed by atoms with Gasteiger partial charge in [-0.15, -0.1) is 11.8 Å². The van der Waals surface area contributed by atoms with Crippen molar-refractivity contribution in [2.45, 2.75) is 18.9 Å². The second-order valence-electron chi connectivity index (χ2n) is 3.59. The fraction of sp³-hybridized carbons (Fsp3) is 0.875. The fourth-order valence-corrected chi connectivity index (χ4v) is 4.72. The number of nitrogens with one attached hydrogen (secondary N) is 1. The maximum absolute atomic E-state index is 11.9. The van der Waals surface area contributed by atoms with Crippen LogP contribution in [-0.2, 0) is 14.5 Å². The summed E-state index contributed by atoms with van der Waals surface area (Å²) in [6, 6.07) is -0.195. The third-order valence-corrected chi connectivity index (χ3v) is 5.75. The van der Waals surface area contributed by atoms with Crippen molar-refractivity contribution >= 4 is 27.4 Å². The van der Waals surface area contributed by atoms with Crippen molar-refractivity contribution in [2.24, 2.45) is 4.36 Å². The Hall–Kier alpha value is -0.0700. The van der Waals surface area contributed by atoms with Gasteiger partial charge in [-0.1, -0.05) is 0 Å². The van der Waals surface area contributed by atoms with E-state index in [2.05, 4.69) is 9.68 Å². The van der Waals surface area contributed by atoms with Gasteiger partial charge in [-0.2, -0.15) is 4.36 Å². The SMILES string of the molecule is O=C(N=S1(=O)CCCC1)C1CSCN1. The Labute approximate surface area is 88.4 Å². The molecule has 0 aliphatic carbocycles. The van der Waals surface area contributed by atoms with Crippen molar-refractivity contribution in [2.75, 3.05) is 23.1 Å². The Balaban J connectivity index is 2.08. The Morgan fingerprint density at radius 2 is 2.14 bits per heavy atom. The quantitative estimate of drug-likeness (QED) is 0.715. The molecule has 1 atom stereocenters. The van der Waals surface area contributed by atoms with Gasteiger partial charge in [0.2, 0.25) is 0 Å². The molecule has 2 heterocycles. The highest BCUT2D eigenvalue weighted by molar-refractivity contribution is 7.99. The molecule has 2 saturated heterocycles. The van der Waals surface area contributed by atoms with Crippen LogP contribution in [0.4, 0.5) is 0 Å². The van der Waals surface area contributed by atoms with Crippen LogP contribution in [0.15, 0.2) is 4.36 Å². The molecule has 4 nitrogen and oxygen atoms in total. The van der Waals surface area contributed by atoms with Crippen molar-refractivity contribution in [3.63, 3.8) is 0 Å². The van der Waals surface area contributed by atoms with Crippen LogP contribution >= 0.6 is 11.8 Å². The lowest BCUT2D eigenvalue weighted by Crippen LogP contribution is -2.32. The summed E-state index contributed by atoms with van der Waals surface area (Å²) in [5.41, 5.74) is 0. The van der Waals surface area contributed by atoms with Crippen LogP contribution in [0.3, 0.4) is 0 Å². The number of amides is 1. The molecule has 0 saturated carbocycles. The van der Waals surface area contributed by atoms with E-state index in [1.54, 1.807) is 11.8 Å². The Kier molecular flexibility index (Phi) is 3.14. The maximum atomic E-state index is 11.9. The third-order valence-electron chi connectivity index (χ3n) is 2.45. The molecule has 2 fully saturated rings. The van der Waals surface area contributed by atoms with E-state index in [9.17, 15) is 9.00 Å². The number of carbonyl (C=O) groups excluding carboxylic acids is 1. The molecular weight excluding hydrogens is 220 g/mol. The average Bonchev–Trinajstić information content (AvgIpc) is 2.74. The molecule has 14 heavy (non-hydrogen) atoms. The maximum Gasteiger partial charge on any atom is 0.271 e. The molecule has 0 bridgehead atoms. The summed E-state index contributed by atoms with van der Waals surface area (Å²) in [5.74, 6) is 2.57. The molecule has 1 amide bonds. The molecule has 80 valence electrons. The van der Waals surface area contributed by atoms with E-state index < -0.39 is 9.73 Å².